The van der Waals surface area contributed by atoms with Crippen LogP contribution in [-0.2, 0) is 9.59 Å². The van der Waals surface area contributed by atoms with E-state index in [9.17, 15) is 23.2 Å². The number of hydrogen-bond acceptors (Lipinski definition) is 3. The molecule has 6 nitrogen and oxygen atoms in total. The van der Waals surface area contributed by atoms with Gasteiger partial charge in [-0.1, -0.05) is 26.8 Å². The normalized spacial score (nSPS) is 13.2. The highest BCUT2D eigenvalue weighted by Crippen LogP contribution is 2.13. The minimum atomic E-state index is -1.02. The van der Waals surface area contributed by atoms with Crippen LogP contribution in [0.4, 0.5) is 8.78 Å². The van der Waals surface area contributed by atoms with Gasteiger partial charge in [0.05, 0.1) is 0 Å². The Labute approximate surface area is 144 Å². The Morgan fingerprint density at radius 2 is 1.68 bits per heavy atom. The number of amides is 2. The third-order valence-electron chi connectivity index (χ3n) is 3.57. The van der Waals surface area contributed by atoms with Gasteiger partial charge in [0, 0.05) is 13.0 Å². The van der Waals surface area contributed by atoms with Crippen molar-refractivity contribution < 1.29 is 28.3 Å². The molecule has 0 bridgehead atoms. The molecule has 2 atom stereocenters. The van der Waals surface area contributed by atoms with E-state index in [4.69, 9.17) is 5.11 Å². The average molecular weight is 356 g/mol. The number of carbonyl (C=O) groups is 3. The molecule has 3 N–H and O–H groups in total. The zero-order valence-corrected chi connectivity index (χ0v) is 14.3. The number of carbonyl (C=O) groups excluding carboxylic acids is 2. The van der Waals surface area contributed by atoms with E-state index in [0.29, 0.717) is 0 Å². The fourth-order valence-corrected chi connectivity index (χ4v) is 2.22. The van der Waals surface area contributed by atoms with Crippen LogP contribution in [0.15, 0.2) is 18.2 Å². The largest absolute Gasteiger partial charge is 0.481 e. The summed E-state index contributed by atoms with van der Waals surface area (Å²) in [5.74, 6) is -5.22. The summed E-state index contributed by atoms with van der Waals surface area (Å²) >= 11 is 0. The molecule has 0 aliphatic carbocycles. The molecule has 0 aliphatic heterocycles. The van der Waals surface area contributed by atoms with E-state index in [1.807, 2.05) is 0 Å². The summed E-state index contributed by atoms with van der Waals surface area (Å²) < 4.78 is 27.3. The predicted molar refractivity (Wildman–Crippen MR) is 86.9 cm³/mol. The maximum atomic E-state index is 13.7. The maximum Gasteiger partial charge on any atom is 0.303 e. The average Bonchev–Trinajstić information content (AvgIpc) is 2.49. The lowest BCUT2D eigenvalue weighted by Crippen LogP contribution is -2.50. The van der Waals surface area contributed by atoms with Crippen LogP contribution < -0.4 is 10.6 Å². The number of hydrogen-bond donors (Lipinski definition) is 3. The lowest BCUT2D eigenvalue weighted by Gasteiger charge is -2.22. The van der Waals surface area contributed by atoms with Crippen LogP contribution in [0.2, 0.25) is 0 Å². The van der Waals surface area contributed by atoms with Crippen LogP contribution >= 0.6 is 0 Å². The number of carboxylic acid groups (broad SMARTS) is 1. The van der Waals surface area contributed by atoms with E-state index in [1.54, 1.807) is 20.8 Å². The van der Waals surface area contributed by atoms with Crippen molar-refractivity contribution in [3.8, 4) is 0 Å². The molecule has 0 aromatic heterocycles. The van der Waals surface area contributed by atoms with E-state index in [2.05, 4.69) is 10.6 Å². The van der Waals surface area contributed by atoms with E-state index in [-0.39, 0.29) is 24.8 Å². The van der Waals surface area contributed by atoms with Crippen molar-refractivity contribution in [3.05, 3.63) is 35.4 Å². The zero-order valence-electron chi connectivity index (χ0n) is 14.3. The predicted octanol–water partition coefficient (Wildman–Crippen LogP) is 1.95. The molecule has 8 heteroatoms. The molecule has 2 unspecified atom stereocenters. The number of benzene rings is 1. The lowest BCUT2D eigenvalue weighted by molar-refractivity contribution is -0.138. The van der Waals surface area contributed by atoms with Crippen molar-refractivity contribution in [2.24, 2.45) is 11.8 Å². The zero-order chi connectivity index (χ0) is 19.1. The minimum Gasteiger partial charge on any atom is -0.481 e. The molecule has 0 saturated heterocycles. The summed E-state index contributed by atoms with van der Waals surface area (Å²) in [6.45, 7) is 5.11. The summed E-state index contributed by atoms with van der Waals surface area (Å²) in [5, 5.41) is 13.6. The molecule has 1 aromatic rings. The third-order valence-corrected chi connectivity index (χ3v) is 3.57. The van der Waals surface area contributed by atoms with Gasteiger partial charge in [0.25, 0.3) is 5.91 Å². The standard InChI is InChI=1S/C17H22F2N2O4/c1-9(2)15(17(25)20-8-10(3)7-13(22)23)21-16(24)14-11(18)5-4-6-12(14)19/h4-6,9-10,15H,7-8H2,1-3H3,(H,20,25)(H,21,24)(H,22,23). The second kappa shape index (κ2) is 9.10. The minimum absolute atomic E-state index is 0.109. The first-order valence-corrected chi connectivity index (χ1v) is 7.87. The first-order valence-electron chi connectivity index (χ1n) is 7.87. The second-order valence-electron chi connectivity index (χ2n) is 6.24. The highest BCUT2D eigenvalue weighted by atomic mass is 19.1. The molecule has 0 heterocycles. The second-order valence-corrected chi connectivity index (χ2v) is 6.24. The molecule has 0 fully saturated rings. The van der Waals surface area contributed by atoms with E-state index in [0.717, 1.165) is 18.2 Å². The van der Waals surface area contributed by atoms with Gasteiger partial charge in [0.2, 0.25) is 5.91 Å². The van der Waals surface area contributed by atoms with Crippen LogP contribution in [-0.4, -0.2) is 35.5 Å². The first kappa shape index (κ1) is 20.5. The molecule has 25 heavy (non-hydrogen) atoms. The van der Waals surface area contributed by atoms with Gasteiger partial charge in [-0.05, 0) is 24.0 Å². The number of nitrogens with one attached hydrogen (secondary N) is 2. The van der Waals surface area contributed by atoms with Crippen LogP contribution in [0.5, 0.6) is 0 Å². The molecule has 0 spiro atoms. The van der Waals surface area contributed by atoms with Gasteiger partial charge in [-0.15, -0.1) is 0 Å². The van der Waals surface area contributed by atoms with Gasteiger partial charge in [-0.3, -0.25) is 14.4 Å². The SMILES string of the molecule is CC(CNC(=O)C(NC(=O)c1c(F)cccc1F)C(C)C)CC(=O)O. The maximum absolute atomic E-state index is 13.7. The van der Waals surface area contributed by atoms with E-state index >= 15 is 0 Å². The Kier molecular flexibility index (Phi) is 7.47. The lowest BCUT2D eigenvalue weighted by atomic mass is 10.0. The highest BCUT2D eigenvalue weighted by molar-refractivity contribution is 5.98. The summed E-state index contributed by atoms with van der Waals surface area (Å²) in [6.07, 6.45) is -0.112. The Morgan fingerprint density at radius 1 is 1.12 bits per heavy atom. The van der Waals surface area contributed by atoms with Gasteiger partial charge in [0.15, 0.2) is 0 Å². The molecular formula is C17H22F2N2O4. The highest BCUT2D eigenvalue weighted by Gasteiger charge is 2.27. The van der Waals surface area contributed by atoms with Crippen LogP contribution in [0.1, 0.15) is 37.6 Å². The van der Waals surface area contributed by atoms with Crippen LogP contribution in [0, 0.1) is 23.5 Å². The molecule has 0 saturated carbocycles. The molecule has 2 amide bonds. The van der Waals surface area contributed by atoms with Gasteiger partial charge in [0.1, 0.15) is 23.2 Å². The summed E-state index contributed by atoms with van der Waals surface area (Å²) in [4.78, 5) is 35.0. The molecule has 1 rings (SSSR count). The fourth-order valence-electron chi connectivity index (χ4n) is 2.22. The molecule has 1 aromatic carbocycles. The van der Waals surface area contributed by atoms with Crippen LogP contribution in [0.25, 0.3) is 0 Å². The Bertz CT molecular complexity index is 629. The van der Waals surface area contributed by atoms with Gasteiger partial charge in [-0.2, -0.15) is 0 Å². The topological polar surface area (TPSA) is 95.5 Å². The van der Waals surface area contributed by atoms with Gasteiger partial charge < -0.3 is 15.7 Å². The first-order chi connectivity index (χ1) is 11.6. The van der Waals surface area contributed by atoms with Crippen molar-refractivity contribution in [2.75, 3.05) is 6.54 Å². The summed E-state index contributed by atoms with van der Waals surface area (Å²) in [6, 6.07) is 2.03. The van der Waals surface area contributed by atoms with Crippen LogP contribution in [0.3, 0.4) is 0 Å². The summed E-state index contributed by atoms with van der Waals surface area (Å²) in [7, 11) is 0. The van der Waals surface area contributed by atoms with Crippen molar-refractivity contribution in [1.82, 2.24) is 10.6 Å². The fraction of sp³-hybridized carbons (Fsp3) is 0.471. The monoisotopic (exact) mass is 356 g/mol. The number of carboxylic acids is 1. The van der Waals surface area contributed by atoms with E-state index in [1.165, 1.54) is 0 Å². The van der Waals surface area contributed by atoms with E-state index < -0.39 is 41.0 Å². The number of halogens is 2. The van der Waals surface area contributed by atoms with Crippen molar-refractivity contribution in [3.63, 3.8) is 0 Å². The number of rotatable bonds is 8. The Hall–Kier alpha value is -2.51. The molecule has 138 valence electrons. The molecule has 0 aliphatic rings. The van der Waals surface area contributed by atoms with Crippen molar-refractivity contribution >= 4 is 17.8 Å². The van der Waals surface area contributed by atoms with Crippen molar-refractivity contribution in [1.29, 1.82) is 0 Å². The smallest absolute Gasteiger partial charge is 0.303 e. The summed E-state index contributed by atoms with van der Waals surface area (Å²) in [5.41, 5.74) is -0.750. The van der Waals surface area contributed by atoms with Gasteiger partial charge >= 0.3 is 5.97 Å². The van der Waals surface area contributed by atoms with Crippen molar-refractivity contribution in [2.45, 2.75) is 33.2 Å². The third kappa shape index (κ3) is 6.13. The Balaban J connectivity index is 2.78. The van der Waals surface area contributed by atoms with Gasteiger partial charge in [-0.25, -0.2) is 8.78 Å². The molecular weight excluding hydrogens is 334 g/mol. The molecule has 0 radical (unpaired) electrons. The number of aliphatic carboxylic acids is 1. The quantitative estimate of drug-likeness (QED) is 0.663. The Morgan fingerprint density at radius 3 is 2.16 bits per heavy atom.